The number of nitrogens with one attached hydrogen (secondary N) is 1. The third kappa shape index (κ3) is 4.62. The van der Waals surface area contributed by atoms with Gasteiger partial charge in [0, 0.05) is 11.1 Å². The molecule has 3 atom stereocenters. The predicted octanol–water partition coefficient (Wildman–Crippen LogP) is 3.47. The highest BCUT2D eigenvalue weighted by Gasteiger charge is 2.41. The lowest BCUT2D eigenvalue weighted by Gasteiger charge is -2.39. The molecule has 0 saturated carbocycles. The van der Waals surface area contributed by atoms with Crippen molar-refractivity contribution in [1.82, 2.24) is 10.2 Å². The van der Waals surface area contributed by atoms with Gasteiger partial charge >= 0.3 is 0 Å². The van der Waals surface area contributed by atoms with Crippen LogP contribution in [0.1, 0.15) is 80.5 Å². The fourth-order valence-corrected chi connectivity index (χ4v) is 4.93. The van der Waals surface area contributed by atoms with Crippen LogP contribution in [0.25, 0.3) is 0 Å². The quantitative estimate of drug-likeness (QED) is 0.588. The molecule has 0 aromatic heterocycles. The molecule has 8 heteroatoms. The van der Waals surface area contributed by atoms with Crippen molar-refractivity contribution in [3.05, 3.63) is 65.2 Å². The van der Waals surface area contributed by atoms with E-state index in [1.165, 1.54) is 4.90 Å². The largest absolute Gasteiger partial charge is 0.490 e. The first-order chi connectivity index (χ1) is 16.6. The summed E-state index contributed by atoms with van der Waals surface area (Å²) in [7, 11) is 0. The first-order valence-electron chi connectivity index (χ1n) is 12.1. The lowest BCUT2D eigenvalue weighted by molar-refractivity contribution is -0.131. The zero-order valence-electron chi connectivity index (χ0n) is 20.7. The number of hydrogen-bond acceptors (Lipinski definition) is 6. The van der Waals surface area contributed by atoms with Gasteiger partial charge < -0.3 is 20.9 Å². The number of nitrogens with two attached hydrogens (primary N) is 1. The smallest absolute Gasteiger partial charge is 0.251 e. The number of amides is 2. The highest BCUT2D eigenvalue weighted by atomic mass is 16.5. The minimum absolute atomic E-state index is 0.0682. The summed E-state index contributed by atoms with van der Waals surface area (Å²) >= 11 is 0. The minimum Gasteiger partial charge on any atom is -0.490 e. The van der Waals surface area contributed by atoms with Crippen LogP contribution < -0.4 is 15.8 Å². The Labute approximate surface area is 206 Å². The average molecular weight is 479 g/mol. The first-order valence-corrected chi connectivity index (χ1v) is 12.1. The van der Waals surface area contributed by atoms with E-state index in [4.69, 9.17) is 10.5 Å². The second kappa shape index (κ2) is 9.34. The molecule has 2 aliphatic rings. The Kier molecular flexibility index (Phi) is 6.60. The maximum absolute atomic E-state index is 13.3. The number of carbonyl (C=O) groups is 2. The number of carbonyl (C=O) groups excluding carboxylic acids is 2. The number of fused-ring (bicyclic) bond motifs is 1. The van der Waals surface area contributed by atoms with Crippen molar-refractivity contribution in [3.63, 3.8) is 0 Å². The zero-order valence-corrected chi connectivity index (χ0v) is 20.7. The summed E-state index contributed by atoms with van der Waals surface area (Å²) in [5, 5.41) is 13.9. The summed E-state index contributed by atoms with van der Waals surface area (Å²) in [6, 6.07) is 13.4. The number of aliphatic hydroxyl groups is 1. The molecule has 8 nitrogen and oxygen atoms in total. The number of aliphatic imine (C=N–C) groups is 1. The summed E-state index contributed by atoms with van der Waals surface area (Å²) in [5.74, 6) is 0.449. The normalized spacial score (nSPS) is 24.1. The van der Waals surface area contributed by atoms with Gasteiger partial charge in [0.05, 0.1) is 24.0 Å². The third-order valence-electron chi connectivity index (χ3n) is 7.33. The van der Waals surface area contributed by atoms with E-state index in [2.05, 4.69) is 10.3 Å². The molecule has 2 amide bonds. The van der Waals surface area contributed by atoms with Crippen LogP contribution in [0, 0.1) is 0 Å². The second-order valence-electron chi connectivity index (χ2n) is 9.73. The Hall–Kier alpha value is -3.39. The number of rotatable bonds is 6. The Balaban J connectivity index is 1.58. The lowest BCUT2D eigenvalue weighted by Crippen LogP contribution is -2.52. The molecule has 35 heavy (non-hydrogen) atoms. The predicted molar refractivity (Wildman–Crippen MR) is 134 cm³/mol. The van der Waals surface area contributed by atoms with Gasteiger partial charge in [-0.15, -0.1) is 0 Å². The van der Waals surface area contributed by atoms with Crippen LogP contribution in [0.15, 0.2) is 53.5 Å². The highest BCUT2D eigenvalue weighted by molar-refractivity contribution is 5.99. The van der Waals surface area contributed by atoms with E-state index in [-0.39, 0.29) is 24.4 Å². The van der Waals surface area contributed by atoms with Gasteiger partial charge in [0.25, 0.3) is 5.91 Å². The van der Waals surface area contributed by atoms with Crippen LogP contribution in [-0.4, -0.2) is 45.5 Å². The molecule has 2 aromatic rings. The van der Waals surface area contributed by atoms with Gasteiger partial charge in [-0.25, -0.2) is 4.99 Å². The number of ether oxygens (including phenoxy) is 1. The number of nitrogens with zero attached hydrogens (tertiary/aromatic N) is 2. The van der Waals surface area contributed by atoms with Gasteiger partial charge in [0.1, 0.15) is 18.0 Å². The van der Waals surface area contributed by atoms with Gasteiger partial charge in [-0.3, -0.25) is 14.5 Å². The van der Waals surface area contributed by atoms with Gasteiger partial charge in [0.15, 0.2) is 5.96 Å². The number of para-hydroxylation sites is 1. The third-order valence-corrected chi connectivity index (χ3v) is 7.33. The molecule has 1 unspecified atom stereocenters. The minimum atomic E-state index is -1.27. The molecule has 2 heterocycles. The maximum atomic E-state index is 13.3. The topological polar surface area (TPSA) is 117 Å². The fraction of sp³-hybridized carbons (Fsp3) is 0.444. The van der Waals surface area contributed by atoms with Crippen molar-refractivity contribution in [2.24, 2.45) is 10.7 Å². The molecule has 0 spiro atoms. The van der Waals surface area contributed by atoms with Crippen LogP contribution in [-0.2, 0) is 4.79 Å². The van der Waals surface area contributed by atoms with E-state index >= 15 is 0 Å². The van der Waals surface area contributed by atoms with E-state index in [0.29, 0.717) is 17.7 Å². The Morgan fingerprint density at radius 3 is 2.66 bits per heavy atom. The molecule has 0 aliphatic carbocycles. The Morgan fingerprint density at radius 1 is 1.26 bits per heavy atom. The van der Waals surface area contributed by atoms with Crippen molar-refractivity contribution < 1.29 is 19.4 Å². The van der Waals surface area contributed by atoms with Crippen LogP contribution >= 0.6 is 0 Å². The van der Waals surface area contributed by atoms with Crippen molar-refractivity contribution in [1.29, 1.82) is 0 Å². The number of benzene rings is 2. The van der Waals surface area contributed by atoms with Crippen molar-refractivity contribution in [2.75, 3.05) is 6.61 Å². The Bertz CT molecular complexity index is 1160. The van der Waals surface area contributed by atoms with E-state index < -0.39 is 23.2 Å². The SMILES string of the molecule is CCC1(CC)CC(=O)N(C(C)c2cccc(C(=O)N[C@@H]3c4ccccc4OC[C@]3(C)O)c2)C(N)=N1. The van der Waals surface area contributed by atoms with Crippen LogP contribution in [0.5, 0.6) is 5.75 Å². The maximum Gasteiger partial charge on any atom is 0.251 e. The van der Waals surface area contributed by atoms with Gasteiger partial charge in [-0.05, 0) is 50.5 Å². The zero-order chi connectivity index (χ0) is 25.4. The van der Waals surface area contributed by atoms with Gasteiger partial charge in [-0.1, -0.05) is 44.2 Å². The van der Waals surface area contributed by atoms with Crippen LogP contribution in [0.4, 0.5) is 0 Å². The molecule has 2 aromatic carbocycles. The van der Waals surface area contributed by atoms with Crippen LogP contribution in [0.3, 0.4) is 0 Å². The summed E-state index contributed by atoms with van der Waals surface area (Å²) in [6.07, 6.45) is 1.79. The van der Waals surface area contributed by atoms with E-state index in [9.17, 15) is 14.7 Å². The number of hydrogen-bond donors (Lipinski definition) is 3. The number of guanidine groups is 1. The van der Waals surface area contributed by atoms with Crippen molar-refractivity contribution in [3.8, 4) is 5.75 Å². The molecule has 4 N–H and O–H groups in total. The lowest BCUT2D eigenvalue weighted by atomic mass is 9.87. The molecule has 0 saturated heterocycles. The van der Waals surface area contributed by atoms with Gasteiger partial charge in [-0.2, -0.15) is 0 Å². The average Bonchev–Trinajstić information content (AvgIpc) is 2.85. The molecule has 0 fully saturated rings. The van der Waals surface area contributed by atoms with Gasteiger partial charge in [0.2, 0.25) is 5.91 Å². The summed E-state index contributed by atoms with van der Waals surface area (Å²) < 4.78 is 5.66. The summed E-state index contributed by atoms with van der Waals surface area (Å²) in [4.78, 5) is 32.5. The Morgan fingerprint density at radius 2 is 1.97 bits per heavy atom. The van der Waals surface area contributed by atoms with E-state index in [1.807, 2.05) is 51.1 Å². The molecule has 0 bridgehead atoms. The molecule has 4 rings (SSSR count). The van der Waals surface area contributed by atoms with E-state index in [1.54, 1.807) is 25.1 Å². The molecule has 186 valence electrons. The molecule has 2 aliphatic heterocycles. The van der Waals surface area contributed by atoms with Crippen LogP contribution in [0.2, 0.25) is 0 Å². The highest BCUT2D eigenvalue weighted by Crippen LogP contribution is 2.38. The standard InChI is InChI=1S/C27H34N4O4/c1-5-27(6-2)15-22(32)31(25(28)30-27)17(3)18-10-9-11-19(14-18)24(33)29-23-20-12-7-8-13-21(20)35-16-26(23,4)34/h7-14,17,23,34H,5-6,15-16H2,1-4H3,(H2,28,30)(H,29,33)/t17?,23-,26+/m1/s1. The second-order valence-corrected chi connectivity index (χ2v) is 9.73. The fourth-order valence-electron chi connectivity index (χ4n) is 4.93. The van der Waals surface area contributed by atoms with E-state index in [0.717, 1.165) is 24.0 Å². The molecular weight excluding hydrogens is 444 g/mol. The molecular formula is C27H34N4O4. The first kappa shape index (κ1) is 24.7. The molecule has 0 radical (unpaired) electrons. The summed E-state index contributed by atoms with van der Waals surface area (Å²) in [5.41, 5.74) is 6.46. The summed E-state index contributed by atoms with van der Waals surface area (Å²) in [6.45, 7) is 7.62. The van der Waals surface area contributed by atoms with Crippen molar-refractivity contribution in [2.45, 2.75) is 70.2 Å². The monoisotopic (exact) mass is 478 g/mol. The van der Waals surface area contributed by atoms with Crippen molar-refractivity contribution >= 4 is 17.8 Å².